The van der Waals surface area contributed by atoms with Crippen LogP contribution in [0.1, 0.15) is 58.1 Å². The zero-order valence-electron chi connectivity index (χ0n) is 12.0. The van der Waals surface area contributed by atoms with Crippen LogP contribution in [0.5, 0.6) is 0 Å². The number of hydrogen-bond donors (Lipinski definition) is 0. The molecule has 0 aliphatic carbocycles. The molecule has 0 N–H and O–H groups in total. The van der Waals surface area contributed by atoms with Crippen molar-refractivity contribution in [3.8, 4) is 0 Å². The first-order chi connectivity index (χ1) is 8.50. The van der Waals surface area contributed by atoms with Crippen molar-refractivity contribution >= 4 is 0 Å². The van der Waals surface area contributed by atoms with Gasteiger partial charge in [-0.3, -0.25) is 9.67 Å². The van der Waals surface area contributed by atoms with Crippen molar-refractivity contribution in [1.82, 2.24) is 14.8 Å². The normalized spacial score (nSPS) is 9.84. The molecule has 0 aliphatic heterocycles. The maximum atomic E-state index is 4.05. The van der Waals surface area contributed by atoms with Crippen LogP contribution in [0, 0.1) is 0 Å². The molecule has 2 heterocycles. The smallest absolute Gasteiger partial charge is 0.0524 e. The van der Waals surface area contributed by atoms with Crippen molar-refractivity contribution in [2.45, 2.75) is 47.0 Å². The van der Waals surface area contributed by atoms with Crippen LogP contribution in [0.3, 0.4) is 0 Å². The first kappa shape index (κ1) is 17.4. The number of rotatable bonds is 2. The number of pyridine rings is 1. The van der Waals surface area contributed by atoms with Crippen molar-refractivity contribution in [2.24, 2.45) is 7.05 Å². The van der Waals surface area contributed by atoms with Gasteiger partial charge in [0.25, 0.3) is 0 Å². The second-order valence-electron chi connectivity index (χ2n) is 5.04. The van der Waals surface area contributed by atoms with Gasteiger partial charge in [0.15, 0.2) is 0 Å². The van der Waals surface area contributed by atoms with E-state index in [1.807, 2.05) is 48.6 Å². The van der Waals surface area contributed by atoms with Crippen LogP contribution in [0.4, 0.5) is 0 Å². The molecule has 0 saturated heterocycles. The van der Waals surface area contributed by atoms with Gasteiger partial charge in [-0.2, -0.15) is 5.10 Å². The fourth-order valence-corrected chi connectivity index (χ4v) is 1.49. The Kier molecular flexibility index (Phi) is 7.73. The van der Waals surface area contributed by atoms with Gasteiger partial charge in [0.05, 0.1) is 6.20 Å². The molecule has 19 heavy (non-hydrogen) atoms. The van der Waals surface area contributed by atoms with Crippen molar-refractivity contribution in [3.05, 3.63) is 48.0 Å². The number of aryl methyl sites for hydroxylation is 1. The Bertz CT molecular complexity index is 444. The molecule has 0 spiro atoms. The Labute approximate surface area is 117 Å². The highest BCUT2D eigenvalue weighted by Crippen LogP contribution is 2.11. The van der Waals surface area contributed by atoms with Gasteiger partial charge in [-0.25, -0.2) is 0 Å². The molecule has 0 saturated carbocycles. The van der Waals surface area contributed by atoms with Crippen LogP contribution in [0.25, 0.3) is 0 Å². The molecule has 0 amide bonds. The molecule has 0 fully saturated rings. The van der Waals surface area contributed by atoms with Crippen molar-refractivity contribution in [3.63, 3.8) is 0 Å². The molecule has 2 aromatic heterocycles. The lowest BCUT2D eigenvalue weighted by Crippen LogP contribution is -1.85. The zero-order valence-corrected chi connectivity index (χ0v) is 12.0. The minimum atomic E-state index is 0. The van der Waals surface area contributed by atoms with E-state index in [0.29, 0.717) is 11.8 Å². The summed E-state index contributed by atoms with van der Waals surface area (Å²) in [6.07, 6.45) is 7.61. The van der Waals surface area contributed by atoms with Crippen LogP contribution in [0.2, 0.25) is 0 Å². The molecule has 3 nitrogen and oxygen atoms in total. The summed E-state index contributed by atoms with van der Waals surface area (Å²) in [5.74, 6) is 1.21. The minimum absolute atomic E-state index is 0. The summed E-state index contributed by atoms with van der Waals surface area (Å²) in [6, 6.07) is 4.09. The molecule has 2 rings (SSSR count). The topological polar surface area (TPSA) is 30.7 Å². The lowest BCUT2D eigenvalue weighted by molar-refractivity contribution is 0.764. The van der Waals surface area contributed by atoms with Crippen LogP contribution in [-0.2, 0) is 7.05 Å². The summed E-state index contributed by atoms with van der Waals surface area (Å²) in [5, 5.41) is 4.05. The second-order valence-corrected chi connectivity index (χ2v) is 5.04. The summed E-state index contributed by atoms with van der Waals surface area (Å²) in [5.41, 5.74) is 2.66. The van der Waals surface area contributed by atoms with E-state index in [1.54, 1.807) is 0 Å². The Morgan fingerprint density at radius 3 is 1.74 bits per heavy atom. The van der Waals surface area contributed by atoms with E-state index in [-0.39, 0.29) is 7.43 Å². The van der Waals surface area contributed by atoms with Gasteiger partial charge in [-0.05, 0) is 35.1 Å². The first-order valence-electron chi connectivity index (χ1n) is 6.39. The largest absolute Gasteiger partial charge is 0.276 e. The summed E-state index contributed by atoms with van der Waals surface area (Å²) < 4.78 is 1.83. The second kappa shape index (κ2) is 8.46. The highest BCUT2D eigenvalue weighted by molar-refractivity contribution is 5.13. The molecular formula is C16H27N3. The zero-order chi connectivity index (χ0) is 13.5. The van der Waals surface area contributed by atoms with Gasteiger partial charge in [0.2, 0.25) is 0 Å². The molecule has 0 unspecified atom stereocenters. The van der Waals surface area contributed by atoms with Gasteiger partial charge in [-0.1, -0.05) is 35.1 Å². The molecule has 0 atom stereocenters. The molecule has 3 heteroatoms. The van der Waals surface area contributed by atoms with Crippen molar-refractivity contribution in [1.29, 1.82) is 0 Å². The Hall–Kier alpha value is -1.64. The standard InChI is InChI=1S/C8H11N.C7H12N2.CH4/c1-7(2)8-3-5-9-6-4-8;1-6(2)7-4-8-9(3)5-7;/h3-7H,1-2H3;4-6H,1-3H3;1H4. The van der Waals surface area contributed by atoms with E-state index in [9.17, 15) is 0 Å². The Morgan fingerprint density at radius 2 is 1.47 bits per heavy atom. The maximum Gasteiger partial charge on any atom is 0.0524 e. The van der Waals surface area contributed by atoms with Gasteiger partial charge in [0.1, 0.15) is 0 Å². The lowest BCUT2D eigenvalue weighted by atomic mass is 10.1. The predicted octanol–water partition coefficient (Wildman–Crippen LogP) is 4.38. The fourth-order valence-electron chi connectivity index (χ4n) is 1.49. The molecule has 0 radical (unpaired) electrons. The highest BCUT2D eigenvalue weighted by Gasteiger charge is 1.98. The average molecular weight is 261 g/mol. The number of nitrogens with zero attached hydrogens (tertiary/aromatic N) is 3. The van der Waals surface area contributed by atoms with Gasteiger partial charge in [0, 0.05) is 25.6 Å². The highest BCUT2D eigenvalue weighted by atomic mass is 15.2. The predicted molar refractivity (Wildman–Crippen MR) is 82.4 cm³/mol. The SMILES string of the molecule is C.CC(C)c1ccncc1.CC(C)c1cnn(C)c1. The van der Waals surface area contributed by atoms with Crippen molar-refractivity contribution in [2.75, 3.05) is 0 Å². The number of aromatic nitrogens is 3. The van der Waals surface area contributed by atoms with Crippen molar-refractivity contribution < 1.29 is 0 Å². The van der Waals surface area contributed by atoms with E-state index in [4.69, 9.17) is 0 Å². The van der Waals surface area contributed by atoms with Gasteiger partial charge >= 0.3 is 0 Å². The summed E-state index contributed by atoms with van der Waals surface area (Å²) >= 11 is 0. The van der Waals surface area contributed by atoms with E-state index >= 15 is 0 Å². The third-order valence-corrected chi connectivity index (χ3v) is 2.76. The molecule has 0 aromatic carbocycles. The summed E-state index contributed by atoms with van der Waals surface area (Å²) in [7, 11) is 1.94. The first-order valence-corrected chi connectivity index (χ1v) is 6.39. The third-order valence-electron chi connectivity index (χ3n) is 2.76. The minimum Gasteiger partial charge on any atom is -0.276 e. The van der Waals surface area contributed by atoms with Crippen LogP contribution >= 0.6 is 0 Å². The summed E-state index contributed by atoms with van der Waals surface area (Å²) in [6.45, 7) is 8.68. The average Bonchev–Trinajstić information content (AvgIpc) is 2.78. The van der Waals surface area contributed by atoms with Crippen LogP contribution in [0.15, 0.2) is 36.9 Å². The monoisotopic (exact) mass is 261 g/mol. The summed E-state index contributed by atoms with van der Waals surface area (Å²) in [4.78, 5) is 3.93. The molecule has 2 aromatic rings. The van der Waals surface area contributed by atoms with Gasteiger partial charge in [-0.15, -0.1) is 0 Å². The van der Waals surface area contributed by atoms with E-state index in [1.165, 1.54) is 11.1 Å². The van der Waals surface area contributed by atoms with E-state index in [0.717, 1.165) is 0 Å². The molecular weight excluding hydrogens is 234 g/mol. The Balaban J connectivity index is 0.000000324. The van der Waals surface area contributed by atoms with E-state index < -0.39 is 0 Å². The lowest BCUT2D eigenvalue weighted by Gasteiger charge is -2.01. The maximum absolute atomic E-state index is 4.05. The molecule has 0 bridgehead atoms. The van der Waals surface area contributed by atoms with Crippen LogP contribution < -0.4 is 0 Å². The molecule has 0 aliphatic rings. The quantitative estimate of drug-likeness (QED) is 0.803. The van der Waals surface area contributed by atoms with E-state index in [2.05, 4.69) is 37.8 Å². The third kappa shape index (κ3) is 6.18. The fraction of sp³-hybridized carbons (Fsp3) is 0.500. The number of hydrogen-bond acceptors (Lipinski definition) is 2. The van der Waals surface area contributed by atoms with Crippen LogP contribution in [-0.4, -0.2) is 14.8 Å². The Morgan fingerprint density at radius 1 is 0.947 bits per heavy atom. The van der Waals surface area contributed by atoms with Gasteiger partial charge < -0.3 is 0 Å². The molecule has 106 valence electrons.